The molecule has 0 saturated heterocycles. The summed E-state index contributed by atoms with van der Waals surface area (Å²) in [5.41, 5.74) is 1.90. The van der Waals surface area contributed by atoms with Crippen LogP contribution in [0.2, 0.25) is 0 Å². The van der Waals surface area contributed by atoms with Gasteiger partial charge in [-0.15, -0.1) is 0 Å². The predicted molar refractivity (Wildman–Crippen MR) is 75.1 cm³/mol. The second-order valence-corrected chi connectivity index (χ2v) is 5.80. The van der Waals surface area contributed by atoms with Crippen molar-refractivity contribution >= 4 is 11.7 Å². The zero-order valence-corrected chi connectivity index (χ0v) is 11.9. The van der Waals surface area contributed by atoms with Gasteiger partial charge in [0.2, 0.25) is 0 Å². The molecule has 0 aromatic heterocycles. The van der Waals surface area contributed by atoms with Crippen molar-refractivity contribution in [1.82, 2.24) is 0 Å². The molecular weight excluding hydrogens is 242 g/mol. The number of benzene rings is 1. The van der Waals surface area contributed by atoms with Gasteiger partial charge in [-0.05, 0) is 37.8 Å². The number of nitrogens with zero attached hydrogens (tertiary/aromatic N) is 1. The largest absolute Gasteiger partial charge is 0.495 e. The Kier molecular flexibility index (Phi) is 3.43. The van der Waals surface area contributed by atoms with Gasteiger partial charge in [-0.3, -0.25) is 4.79 Å². The third-order valence-corrected chi connectivity index (χ3v) is 3.88. The number of para-hydroxylation sites is 1. The first-order valence-corrected chi connectivity index (χ1v) is 6.53. The lowest BCUT2D eigenvalue weighted by molar-refractivity contribution is -0.135. The number of anilines is 1. The summed E-state index contributed by atoms with van der Waals surface area (Å²) in [4.78, 5) is 13.1. The maximum atomic E-state index is 11.2. The molecule has 1 aromatic carbocycles. The molecule has 0 radical (unpaired) electrons. The van der Waals surface area contributed by atoms with Gasteiger partial charge in [0.15, 0.2) is 0 Å². The van der Waals surface area contributed by atoms with Gasteiger partial charge < -0.3 is 14.7 Å². The van der Waals surface area contributed by atoms with Crippen molar-refractivity contribution in [1.29, 1.82) is 0 Å². The van der Waals surface area contributed by atoms with E-state index in [1.807, 2.05) is 17.0 Å². The van der Waals surface area contributed by atoms with Crippen LogP contribution in [-0.2, 0) is 4.79 Å². The monoisotopic (exact) mass is 263 g/mol. The number of hydrogen-bond donors (Lipinski definition) is 1. The number of rotatable bonds is 3. The summed E-state index contributed by atoms with van der Waals surface area (Å²) in [7, 11) is 1.63. The average Bonchev–Trinajstić information content (AvgIpc) is 2.32. The van der Waals surface area contributed by atoms with Crippen LogP contribution in [0.25, 0.3) is 0 Å². The van der Waals surface area contributed by atoms with E-state index in [2.05, 4.69) is 26.8 Å². The van der Waals surface area contributed by atoms with Crippen LogP contribution >= 0.6 is 0 Å². The van der Waals surface area contributed by atoms with E-state index >= 15 is 0 Å². The van der Waals surface area contributed by atoms with E-state index in [0.717, 1.165) is 17.9 Å². The Bertz CT molecular complexity index is 496. The molecule has 4 nitrogen and oxygen atoms in total. The van der Waals surface area contributed by atoms with Crippen LogP contribution in [-0.4, -0.2) is 30.3 Å². The van der Waals surface area contributed by atoms with Crippen molar-refractivity contribution in [2.45, 2.75) is 38.6 Å². The van der Waals surface area contributed by atoms with Crippen LogP contribution in [0, 0.1) is 0 Å². The highest BCUT2D eigenvalue weighted by Crippen LogP contribution is 2.47. The molecule has 1 N–H and O–H groups in total. The number of aliphatic carboxylic acids is 1. The fourth-order valence-corrected chi connectivity index (χ4v) is 3.09. The first-order valence-electron chi connectivity index (χ1n) is 6.53. The lowest BCUT2D eigenvalue weighted by Crippen LogP contribution is -2.50. The van der Waals surface area contributed by atoms with Gasteiger partial charge in [0, 0.05) is 5.54 Å². The highest BCUT2D eigenvalue weighted by Gasteiger charge is 2.38. The van der Waals surface area contributed by atoms with Crippen LogP contribution < -0.4 is 9.64 Å². The van der Waals surface area contributed by atoms with Crippen molar-refractivity contribution in [2.75, 3.05) is 18.6 Å². The number of hydrogen-bond acceptors (Lipinski definition) is 3. The molecule has 1 heterocycles. The fraction of sp³-hybridized carbons (Fsp3) is 0.533. The summed E-state index contributed by atoms with van der Waals surface area (Å²) < 4.78 is 5.43. The molecule has 19 heavy (non-hydrogen) atoms. The van der Waals surface area contributed by atoms with Crippen molar-refractivity contribution in [3.63, 3.8) is 0 Å². The molecule has 0 bridgehead atoms. The van der Waals surface area contributed by atoms with Gasteiger partial charge in [0.25, 0.3) is 0 Å². The minimum atomic E-state index is -0.820. The summed E-state index contributed by atoms with van der Waals surface area (Å²) in [6.45, 7) is 6.34. The van der Waals surface area contributed by atoms with Gasteiger partial charge in [0.1, 0.15) is 12.3 Å². The minimum absolute atomic E-state index is 0.00685. The summed E-state index contributed by atoms with van der Waals surface area (Å²) in [6.07, 6.45) is 0.931. The Labute approximate surface area is 114 Å². The summed E-state index contributed by atoms with van der Waals surface area (Å²) >= 11 is 0. The maximum absolute atomic E-state index is 11.2. The van der Waals surface area contributed by atoms with Crippen LogP contribution in [0.4, 0.5) is 5.69 Å². The van der Waals surface area contributed by atoms with Crippen molar-refractivity contribution in [2.24, 2.45) is 0 Å². The molecule has 1 aliphatic heterocycles. The van der Waals surface area contributed by atoms with Crippen molar-refractivity contribution in [3.8, 4) is 5.75 Å². The van der Waals surface area contributed by atoms with Crippen molar-refractivity contribution in [3.05, 3.63) is 23.8 Å². The van der Waals surface area contributed by atoms with Gasteiger partial charge in [-0.1, -0.05) is 19.1 Å². The molecule has 1 atom stereocenters. The van der Waals surface area contributed by atoms with Crippen LogP contribution in [0.5, 0.6) is 5.75 Å². The third-order valence-electron chi connectivity index (χ3n) is 3.88. The number of fused-ring (bicyclic) bond motifs is 1. The molecule has 104 valence electrons. The van der Waals surface area contributed by atoms with E-state index in [1.54, 1.807) is 7.11 Å². The molecule has 4 heteroatoms. The molecule has 1 aliphatic rings. The first-order chi connectivity index (χ1) is 8.86. The van der Waals surface area contributed by atoms with Crippen molar-refractivity contribution < 1.29 is 14.6 Å². The second-order valence-electron chi connectivity index (χ2n) is 5.80. The standard InChI is InChI=1S/C15H21NO3/c1-10-8-15(2,3)16(9-13(17)18)14-11(10)6-5-7-12(14)19-4/h5-7,10H,8-9H2,1-4H3,(H,17,18). The van der Waals surface area contributed by atoms with Crippen LogP contribution in [0.1, 0.15) is 38.7 Å². The van der Waals surface area contributed by atoms with E-state index in [4.69, 9.17) is 4.74 Å². The van der Waals surface area contributed by atoms with Gasteiger partial charge >= 0.3 is 5.97 Å². The SMILES string of the molecule is COc1cccc2c1N(CC(=O)O)C(C)(C)CC2C. The Hall–Kier alpha value is -1.71. The fourth-order valence-electron chi connectivity index (χ4n) is 3.09. The number of carboxylic acids is 1. The normalized spacial score (nSPS) is 20.8. The number of ether oxygens (including phenoxy) is 1. The topological polar surface area (TPSA) is 49.8 Å². The third kappa shape index (κ3) is 2.39. The number of carboxylic acid groups (broad SMARTS) is 1. The molecule has 0 spiro atoms. The first kappa shape index (κ1) is 13.7. The Morgan fingerprint density at radius 2 is 2.21 bits per heavy atom. The summed E-state index contributed by atoms with van der Waals surface area (Å²) in [5, 5.41) is 9.17. The molecule has 0 amide bonds. The minimum Gasteiger partial charge on any atom is -0.495 e. The lowest BCUT2D eigenvalue weighted by atomic mass is 9.80. The van der Waals surface area contributed by atoms with E-state index in [9.17, 15) is 9.90 Å². The Morgan fingerprint density at radius 1 is 1.53 bits per heavy atom. The Morgan fingerprint density at radius 3 is 2.79 bits per heavy atom. The highest BCUT2D eigenvalue weighted by atomic mass is 16.5. The lowest BCUT2D eigenvalue weighted by Gasteiger charge is -2.47. The average molecular weight is 263 g/mol. The zero-order valence-electron chi connectivity index (χ0n) is 11.9. The van der Waals surface area contributed by atoms with E-state index < -0.39 is 5.97 Å². The smallest absolute Gasteiger partial charge is 0.323 e. The molecule has 1 unspecified atom stereocenters. The van der Waals surface area contributed by atoms with Crippen LogP contribution in [0.15, 0.2) is 18.2 Å². The summed E-state index contributed by atoms with van der Waals surface area (Å²) in [6, 6.07) is 5.92. The molecule has 1 aromatic rings. The van der Waals surface area contributed by atoms with Gasteiger partial charge in [-0.25, -0.2) is 0 Å². The Balaban J connectivity index is 2.59. The van der Waals surface area contributed by atoms with Gasteiger partial charge in [-0.2, -0.15) is 0 Å². The van der Waals surface area contributed by atoms with E-state index in [0.29, 0.717) is 5.92 Å². The highest BCUT2D eigenvalue weighted by molar-refractivity contribution is 5.78. The number of methoxy groups -OCH3 is 1. The predicted octanol–water partition coefficient (Wildman–Crippen LogP) is 2.87. The van der Waals surface area contributed by atoms with E-state index in [1.165, 1.54) is 5.56 Å². The van der Waals surface area contributed by atoms with E-state index in [-0.39, 0.29) is 12.1 Å². The maximum Gasteiger partial charge on any atom is 0.323 e. The number of carbonyl (C=O) groups is 1. The zero-order chi connectivity index (χ0) is 14.2. The van der Waals surface area contributed by atoms with Crippen LogP contribution in [0.3, 0.4) is 0 Å². The second kappa shape index (κ2) is 4.76. The molecule has 0 aliphatic carbocycles. The molecule has 2 rings (SSSR count). The molecule has 0 saturated carbocycles. The quantitative estimate of drug-likeness (QED) is 0.911. The molecular formula is C15H21NO3. The summed E-state index contributed by atoms with van der Waals surface area (Å²) in [5.74, 6) is 0.322. The van der Waals surface area contributed by atoms with Gasteiger partial charge in [0.05, 0.1) is 12.8 Å². The molecule has 0 fully saturated rings.